The first-order valence-corrected chi connectivity index (χ1v) is 10.8. The molecule has 6 heteroatoms. The summed E-state index contributed by atoms with van der Waals surface area (Å²) in [6.07, 6.45) is 4.44. The number of rotatable bonds is 6. The van der Waals surface area contributed by atoms with Crippen LogP contribution in [0.3, 0.4) is 0 Å². The second kappa shape index (κ2) is 8.23. The van der Waals surface area contributed by atoms with Gasteiger partial charge in [0.05, 0.1) is 4.90 Å². The number of fused-ring (bicyclic) bond motifs is 1. The number of nitrogens with one attached hydrogen (secondary N) is 2. The quantitative estimate of drug-likeness (QED) is 0.798. The van der Waals surface area contributed by atoms with Crippen molar-refractivity contribution in [2.45, 2.75) is 50.8 Å². The predicted molar refractivity (Wildman–Crippen MR) is 107 cm³/mol. The maximum Gasteiger partial charge on any atom is 0.240 e. The number of anilines is 1. The van der Waals surface area contributed by atoms with Crippen molar-refractivity contribution in [3.8, 4) is 0 Å². The molecule has 27 heavy (non-hydrogen) atoms. The zero-order valence-electron chi connectivity index (χ0n) is 15.8. The Morgan fingerprint density at radius 1 is 1.07 bits per heavy atom. The molecular formula is C21H26N2O3S. The number of benzene rings is 2. The number of sulfonamides is 1. The molecule has 0 saturated carbocycles. The monoisotopic (exact) mass is 386 g/mol. The van der Waals surface area contributed by atoms with Crippen LogP contribution in [0, 0.1) is 13.8 Å². The van der Waals surface area contributed by atoms with Gasteiger partial charge in [-0.25, -0.2) is 13.1 Å². The van der Waals surface area contributed by atoms with Gasteiger partial charge in [-0.2, -0.15) is 0 Å². The summed E-state index contributed by atoms with van der Waals surface area (Å²) >= 11 is 0. The van der Waals surface area contributed by atoms with E-state index in [1.54, 1.807) is 19.1 Å². The Balaban J connectivity index is 1.59. The molecule has 0 aromatic heterocycles. The second-order valence-corrected chi connectivity index (χ2v) is 8.85. The molecule has 2 aromatic rings. The van der Waals surface area contributed by atoms with Crippen molar-refractivity contribution in [3.05, 3.63) is 58.7 Å². The van der Waals surface area contributed by atoms with E-state index in [9.17, 15) is 13.2 Å². The first kappa shape index (κ1) is 19.6. The fourth-order valence-electron chi connectivity index (χ4n) is 3.48. The van der Waals surface area contributed by atoms with Crippen molar-refractivity contribution >= 4 is 21.6 Å². The van der Waals surface area contributed by atoms with E-state index in [1.165, 1.54) is 17.5 Å². The molecule has 0 bridgehead atoms. The van der Waals surface area contributed by atoms with Crippen molar-refractivity contribution in [1.29, 1.82) is 0 Å². The number of amides is 1. The van der Waals surface area contributed by atoms with Gasteiger partial charge in [0, 0.05) is 18.7 Å². The number of carbonyl (C=O) groups excluding carboxylic acids is 1. The summed E-state index contributed by atoms with van der Waals surface area (Å²) in [7, 11) is -3.63. The number of carbonyl (C=O) groups is 1. The summed E-state index contributed by atoms with van der Waals surface area (Å²) in [6.45, 7) is 3.68. The zero-order valence-corrected chi connectivity index (χ0v) is 16.7. The normalized spacial score (nSPS) is 13.9. The molecular weight excluding hydrogens is 360 g/mol. The van der Waals surface area contributed by atoms with E-state index >= 15 is 0 Å². The zero-order chi connectivity index (χ0) is 19.4. The molecule has 2 aromatic carbocycles. The van der Waals surface area contributed by atoms with Crippen molar-refractivity contribution < 1.29 is 13.2 Å². The molecule has 3 rings (SSSR count). The van der Waals surface area contributed by atoms with Gasteiger partial charge in [0.25, 0.3) is 0 Å². The van der Waals surface area contributed by atoms with Gasteiger partial charge in [-0.15, -0.1) is 0 Å². The van der Waals surface area contributed by atoms with E-state index in [2.05, 4.69) is 16.1 Å². The van der Waals surface area contributed by atoms with Crippen molar-refractivity contribution in [3.63, 3.8) is 0 Å². The van der Waals surface area contributed by atoms with Crippen LogP contribution in [0.25, 0.3) is 0 Å². The molecule has 0 atom stereocenters. The molecule has 1 amide bonds. The largest absolute Gasteiger partial charge is 0.326 e. The minimum absolute atomic E-state index is 0.0660. The van der Waals surface area contributed by atoms with Gasteiger partial charge >= 0.3 is 0 Å². The Labute approximate surface area is 161 Å². The smallest absolute Gasteiger partial charge is 0.240 e. The summed E-state index contributed by atoms with van der Waals surface area (Å²) in [5.74, 6) is -0.183. The SMILES string of the molecule is Cc1ccc(C)c(S(=O)(=O)NCCC(=O)Nc2cccc3c2CCCC3)c1. The topological polar surface area (TPSA) is 75.3 Å². The highest BCUT2D eigenvalue weighted by molar-refractivity contribution is 7.89. The third kappa shape index (κ3) is 4.76. The lowest BCUT2D eigenvalue weighted by molar-refractivity contribution is -0.116. The molecule has 0 fully saturated rings. The number of hydrogen-bond acceptors (Lipinski definition) is 3. The molecule has 0 unspecified atom stereocenters. The average molecular weight is 387 g/mol. The molecule has 1 aliphatic carbocycles. The van der Waals surface area contributed by atoms with E-state index in [0.717, 1.165) is 30.5 Å². The Kier molecular flexibility index (Phi) is 5.97. The lowest BCUT2D eigenvalue weighted by Crippen LogP contribution is -2.28. The van der Waals surface area contributed by atoms with Gasteiger partial charge in [0.2, 0.25) is 15.9 Å². The summed E-state index contributed by atoms with van der Waals surface area (Å²) in [5.41, 5.74) is 4.94. The lowest BCUT2D eigenvalue weighted by Gasteiger charge is -2.19. The summed E-state index contributed by atoms with van der Waals surface area (Å²) in [6, 6.07) is 11.3. The van der Waals surface area contributed by atoms with E-state index < -0.39 is 10.0 Å². The van der Waals surface area contributed by atoms with Crippen LogP contribution in [-0.4, -0.2) is 20.9 Å². The van der Waals surface area contributed by atoms with Gasteiger partial charge in [0.1, 0.15) is 0 Å². The lowest BCUT2D eigenvalue weighted by atomic mass is 9.90. The first-order chi connectivity index (χ1) is 12.9. The van der Waals surface area contributed by atoms with Gasteiger partial charge in [0.15, 0.2) is 0 Å². The fourth-order valence-corrected chi connectivity index (χ4v) is 4.84. The standard InChI is InChI=1S/C21H26N2O3S/c1-15-10-11-16(2)20(14-15)27(25,26)22-13-12-21(24)23-19-9-5-7-17-6-3-4-8-18(17)19/h5,7,9-11,14,22H,3-4,6,8,12-13H2,1-2H3,(H,23,24). The molecule has 1 aliphatic rings. The summed E-state index contributed by atoms with van der Waals surface area (Å²) in [5, 5.41) is 2.94. The average Bonchev–Trinajstić information content (AvgIpc) is 2.64. The Bertz CT molecular complexity index is 952. The first-order valence-electron chi connectivity index (χ1n) is 9.34. The Morgan fingerprint density at radius 2 is 1.85 bits per heavy atom. The summed E-state index contributed by atoms with van der Waals surface area (Å²) in [4.78, 5) is 12.6. The van der Waals surface area contributed by atoms with Crippen LogP contribution in [-0.2, 0) is 27.7 Å². The van der Waals surface area contributed by atoms with Crippen LogP contribution in [0.4, 0.5) is 5.69 Å². The molecule has 2 N–H and O–H groups in total. The Hall–Kier alpha value is -2.18. The molecule has 0 radical (unpaired) electrons. The van der Waals surface area contributed by atoms with E-state index in [0.29, 0.717) is 5.56 Å². The molecule has 144 valence electrons. The number of aryl methyl sites for hydroxylation is 3. The molecule has 0 heterocycles. The van der Waals surface area contributed by atoms with Gasteiger partial charge in [-0.1, -0.05) is 24.3 Å². The van der Waals surface area contributed by atoms with Crippen LogP contribution in [0.5, 0.6) is 0 Å². The van der Waals surface area contributed by atoms with Gasteiger partial charge < -0.3 is 5.32 Å². The van der Waals surface area contributed by atoms with Crippen LogP contribution >= 0.6 is 0 Å². The van der Waals surface area contributed by atoms with Crippen LogP contribution < -0.4 is 10.0 Å². The molecule has 0 saturated heterocycles. The minimum atomic E-state index is -3.63. The highest BCUT2D eigenvalue weighted by Gasteiger charge is 2.18. The van der Waals surface area contributed by atoms with Crippen molar-refractivity contribution in [2.75, 3.05) is 11.9 Å². The van der Waals surface area contributed by atoms with E-state index in [4.69, 9.17) is 0 Å². The van der Waals surface area contributed by atoms with Crippen molar-refractivity contribution in [2.24, 2.45) is 0 Å². The predicted octanol–water partition coefficient (Wildman–Crippen LogP) is 3.49. The van der Waals surface area contributed by atoms with Gasteiger partial charge in [-0.05, 0) is 73.9 Å². The molecule has 0 spiro atoms. The Morgan fingerprint density at radius 3 is 2.67 bits per heavy atom. The van der Waals surface area contributed by atoms with E-state index in [-0.39, 0.29) is 23.8 Å². The second-order valence-electron chi connectivity index (χ2n) is 7.12. The van der Waals surface area contributed by atoms with E-state index in [1.807, 2.05) is 25.1 Å². The van der Waals surface area contributed by atoms with Crippen LogP contribution in [0.15, 0.2) is 41.3 Å². The maximum atomic E-state index is 12.5. The summed E-state index contributed by atoms with van der Waals surface area (Å²) < 4.78 is 27.5. The third-order valence-corrected chi connectivity index (χ3v) is 6.55. The molecule has 0 aliphatic heterocycles. The minimum Gasteiger partial charge on any atom is -0.326 e. The third-order valence-electron chi connectivity index (χ3n) is 4.95. The molecule has 5 nitrogen and oxygen atoms in total. The van der Waals surface area contributed by atoms with Crippen LogP contribution in [0.2, 0.25) is 0 Å². The van der Waals surface area contributed by atoms with Crippen molar-refractivity contribution in [1.82, 2.24) is 4.72 Å². The highest BCUT2D eigenvalue weighted by atomic mass is 32.2. The van der Waals surface area contributed by atoms with Gasteiger partial charge in [-0.3, -0.25) is 4.79 Å². The fraction of sp³-hybridized carbons (Fsp3) is 0.381. The highest BCUT2D eigenvalue weighted by Crippen LogP contribution is 2.27. The maximum absolute atomic E-state index is 12.5. The van der Waals surface area contributed by atoms with Crippen LogP contribution in [0.1, 0.15) is 41.5 Å². The number of hydrogen-bond donors (Lipinski definition) is 2.